The van der Waals surface area contributed by atoms with E-state index in [1.54, 1.807) is 7.11 Å². The standard InChI is InChI=1S/C17H29NO2/c1-5-12-18-14(3)15(6-2)11-13-20-17-10-8-7-9-16(17)19-4/h7-10,14-15,18H,5-6,11-13H2,1-4H3. The highest BCUT2D eigenvalue weighted by molar-refractivity contribution is 5.39. The van der Waals surface area contributed by atoms with Crippen LogP contribution in [0.25, 0.3) is 0 Å². The predicted molar refractivity (Wildman–Crippen MR) is 84.6 cm³/mol. The van der Waals surface area contributed by atoms with Gasteiger partial charge in [-0.2, -0.15) is 0 Å². The first-order chi connectivity index (χ1) is 9.72. The molecule has 0 saturated carbocycles. The molecule has 0 aliphatic carbocycles. The van der Waals surface area contributed by atoms with Gasteiger partial charge in [0, 0.05) is 6.04 Å². The van der Waals surface area contributed by atoms with Crippen molar-refractivity contribution in [2.75, 3.05) is 20.3 Å². The third-order valence-corrected chi connectivity index (χ3v) is 3.76. The number of methoxy groups -OCH3 is 1. The van der Waals surface area contributed by atoms with Crippen LogP contribution in [0.15, 0.2) is 24.3 Å². The summed E-state index contributed by atoms with van der Waals surface area (Å²) in [6, 6.07) is 8.36. The molecule has 0 amide bonds. The molecule has 20 heavy (non-hydrogen) atoms. The molecule has 0 spiro atoms. The van der Waals surface area contributed by atoms with Gasteiger partial charge in [0.2, 0.25) is 0 Å². The lowest BCUT2D eigenvalue weighted by Gasteiger charge is -2.24. The van der Waals surface area contributed by atoms with Gasteiger partial charge >= 0.3 is 0 Å². The van der Waals surface area contributed by atoms with Crippen LogP contribution in [0, 0.1) is 5.92 Å². The molecule has 0 radical (unpaired) electrons. The molecule has 114 valence electrons. The lowest BCUT2D eigenvalue weighted by Crippen LogP contribution is -2.34. The third kappa shape index (κ3) is 5.41. The van der Waals surface area contributed by atoms with E-state index in [0.29, 0.717) is 12.0 Å². The molecule has 0 aromatic heterocycles. The Morgan fingerprint density at radius 3 is 2.45 bits per heavy atom. The Kier molecular flexibility index (Phi) is 8.12. The summed E-state index contributed by atoms with van der Waals surface area (Å²) in [5.74, 6) is 2.29. The second-order valence-corrected chi connectivity index (χ2v) is 5.20. The lowest BCUT2D eigenvalue weighted by molar-refractivity contribution is 0.239. The maximum absolute atomic E-state index is 5.86. The zero-order valence-electron chi connectivity index (χ0n) is 13.3. The van der Waals surface area contributed by atoms with Crippen LogP contribution < -0.4 is 14.8 Å². The van der Waals surface area contributed by atoms with Crippen molar-refractivity contribution >= 4 is 0 Å². The van der Waals surface area contributed by atoms with Crippen LogP contribution in [-0.2, 0) is 0 Å². The van der Waals surface area contributed by atoms with Crippen LogP contribution >= 0.6 is 0 Å². The number of ether oxygens (including phenoxy) is 2. The summed E-state index contributed by atoms with van der Waals surface area (Å²) in [5, 5.41) is 3.57. The van der Waals surface area contributed by atoms with E-state index < -0.39 is 0 Å². The molecule has 1 aromatic carbocycles. The van der Waals surface area contributed by atoms with Crippen molar-refractivity contribution in [3.05, 3.63) is 24.3 Å². The largest absolute Gasteiger partial charge is 0.493 e. The number of hydrogen-bond acceptors (Lipinski definition) is 3. The van der Waals surface area contributed by atoms with Crippen molar-refractivity contribution in [2.45, 2.75) is 46.1 Å². The fourth-order valence-corrected chi connectivity index (χ4v) is 2.40. The van der Waals surface area contributed by atoms with E-state index in [0.717, 1.165) is 31.1 Å². The summed E-state index contributed by atoms with van der Waals surface area (Å²) in [5.41, 5.74) is 0. The molecule has 2 atom stereocenters. The first-order valence-corrected chi connectivity index (χ1v) is 7.72. The molecule has 1 rings (SSSR count). The van der Waals surface area contributed by atoms with Crippen molar-refractivity contribution in [3.63, 3.8) is 0 Å². The summed E-state index contributed by atoms with van der Waals surface area (Å²) < 4.78 is 11.2. The highest BCUT2D eigenvalue weighted by Gasteiger charge is 2.15. The van der Waals surface area contributed by atoms with Gasteiger partial charge < -0.3 is 14.8 Å². The van der Waals surface area contributed by atoms with E-state index in [9.17, 15) is 0 Å². The number of nitrogens with one attached hydrogen (secondary N) is 1. The Labute approximate surface area is 123 Å². The first-order valence-electron chi connectivity index (χ1n) is 7.72. The molecule has 1 N–H and O–H groups in total. The minimum atomic E-state index is 0.543. The van der Waals surface area contributed by atoms with Crippen LogP contribution in [0.5, 0.6) is 11.5 Å². The average Bonchev–Trinajstić information content (AvgIpc) is 2.49. The van der Waals surface area contributed by atoms with E-state index in [1.165, 1.54) is 12.8 Å². The molecule has 0 bridgehead atoms. The summed E-state index contributed by atoms with van der Waals surface area (Å²) in [6.07, 6.45) is 3.41. The van der Waals surface area contributed by atoms with Crippen molar-refractivity contribution in [1.82, 2.24) is 5.32 Å². The van der Waals surface area contributed by atoms with Crippen molar-refractivity contribution < 1.29 is 9.47 Å². The summed E-state index contributed by atoms with van der Waals surface area (Å²) >= 11 is 0. The van der Waals surface area contributed by atoms with Gasteiger partial charge in [-0.1, -0.05) is 32.4 Å². The van der Waals surface area contributed by atoms with Gasteiger partial charge in [-0.3, -0.25) is 0 Å². The number of para-hydroxylation sites is 2. The van der Waals surface area contributed by atoms with E-state index in [-0.39, 0.29) is 0 Å². The Morgan fingerprint density at radius 1 is 1.15 bits per heavy atom. The second kappa shape index (κ2) is 9.65. The van der Waals surface area contributed by atoms with Gasteiger partial charge in [-0.15, -0.1) is 0 Å². The Morgan fingerprint density at radius 2 is 1.85 bits per heavy atom. The van der Waals surface area contributed by atoms with E-state index in [1.807, 2.05) is 24.3 Å². The Bertz CT molecular complexity index is 368. The van der Waals surface area contributed by atoms with Crippen molar-refractivity contribution in [2.24, 2.45) is 5.92 Å². The first kappa shape index (κ1) is 16.8. The topological polar surface area (TPSA) is 30.5 Å². The quantitative estimate of drug-likeness (QED) is 0.705. The normalized spacial score (nSPS) is 13.8. The second-order valence-electron chi connectivity index (χ2n) is 5.20. The Balaban J connectivity index is 2.41. The molecule has 0 aliphatic rings. The summed E-state index contributed by atoms with van der Waals surface area (Å²) in [4.78, 5) is 0. The van der Waals surface area contributed by atoms with E-state index >= 15 is 0 Å². The number of hydrogen-bond donors (Lipinski definition) is 1. The van der Waals surface area contributed by atoms with Gasteiger partial charge in [0.15, 0.2) is 11.5 Å². The van der Waals surface area contributed by atoms with Gasteiger partial charge in [0.25, 0.3) is 0 Å². The van der Waals surface area contributed by atoms with Crippen molar-refractivity contribution in [1.29, 1.82) is 0 Å². The molecular formula is C17H29NO2. The molecule has 2 unspecified atom stereocenters. The maximum atomic E-state index is 5.86. The van der Waals surface area contributed by atoms with Gasteiger partial charge in [0.1, 0.15) is 0 Å². The molecular weight excluding hydrogens is 250 g/mol. The third-order valence-electron chi connectivity index (χ3n) is 3.76. The van der Waals surface area contributed by atoms with Crippen molar-refractivity contribution in [3.8, 4) is 11.5 Å². The monoisotopic (exact) mass is 279 g/mol. The SMILES string of the molecule is CCCNC(C)C(CC)CCOc1ccccc1OC. The minimum Gasteiger partial charge on any atom is -0.493 e. The van der Waals surface area contributed by atoms with Crippen LogP contribution in [0.4, 0.5) is 0 Å². The Hall–Kier alpha value is -1.22. The highest BCUT2D eigenvalue weighted by Crippen LogP contribution is 2.26. The molecule has 0 aliphatic heterocycles. The summed E-state index contributed by atoms with van der Waals surface area (Å²) in [6.45, 7) is 8.54. The van der Waals surface area contributed by atoms with Gasteiger partial charge in [-0.25, -0.2) is 0 Å². The molecule has 0 saturated heterocycles. The molecule has 1 aromatic rings. The number of rotatable bonds is 10. The van der Waals surface area contributed by atoms with Crippen LogP contribution in [0.1, 0.15) is 40.0 Å². The summed E-state index contributed by atoms with van der Waals surface area (Å²) in [7, 11) is 1.67. The van der Waals surface area contributed by atoms with Gasteiger partial charge in [-0.05, 0) is 44.4 Å². The van der Waals surface area contributed by atoms with E-state index in [4.69, 9.17) is 9.47 Å². The smallest absolute Gasteiger partial charge is 0.161 e. The average molecular weight is 279 g/mol. The zero-order valence-corrected chi connectivity index (χ0v) is 13.3. The molecule has 0 fully saturated rings. The van der Waals surface area contributed by atoms with Crippen LogP contribution in [-0.4, -0.2) is 26.3 Å². The molecule has 3 nitrogen and oxygen atoms in total. The van der Waals surface area contributed by atoms with Crippen LogP contribution in [0.2, 0.25) is 0 Å². The lowest BCUT2D eigenvalue weighted by atomic mass is 9.95. The maximum Gasteiger partial charge on any atom is 0.161 e. The highest BCUT2D eigenvalue weighted by atomic mass is 16.5. The predicted octanol–water partition coefficient (Wildman–Crippen LogP) is 3.88. The van der Waals surface area contributed by atoms with Crippen LogP contribution in [0.3, 0.4) is 0 Å². The fraction of sp³-hybridized carbons (Fsp3) is 0.647. The zero-order chi connectivity index (χ0) is 14.8. The van der Waals surface area contributed by atoms with Gasteiger partial charge in [0.05, 0.1) is 13.7 Å². The molecule has 0 heterocycles. The minimum absolute atomic E-state index is 0.543. The molecule has 3 heteroatoms. The number of benzene rings is 1. The van der Waals surface area contributed by atoms with E-state index in [2.05, 4.69) is 26.1 Å². The fourth-order valence-electron chi connectivity index (χ4n) is 2.40.